The van der Waals surface area contributed by atoms with Crippen LogP contribution < -0.4 is 0 Å². The minimum atomic E-state index is 0.0523. The van der Waals surface area contributed by atoms with E-state index < -0.39 is 0 Å². The van der Waals surface area contributed by atoms with Gasteiger partial charge < -0.3 is 4.90 Å². The predicted molar refractivity (Wildman–Crippen MR) is 87.3 cm³/mol. The smallest absolute Gasteiger partial charge is 0.244 e. The molecule has 122 valence electrons. The number of benzene rings is 1. The Hall–Kier alpha value is -1.66. The number of nitrogens with zero attached hydrogens (tertiary/aromatic N) is 5. The number of aromatic nitrogens is 4. The van der Waals surface area contributed by atoms with Crippen LogP contribution in [0.2, 0.25) is 10.0 Å². The molecule has 23 heavy (non-hydrogen) atoms. The highest BCUT2D eigenvalue weighted by Gasteiger charge is 2.23. The van der Waals surface area contributed by atoms with Crippen LogP contribution in [-0.2, 0) is 17.8 Å². The third-order valence-electron chi connectivity index (χ3n) is 4.17. The highest BCUT2D eigenvalue weighted by molar-refractivity contribution is 6.33. The standard InChI is InChI=1S/C15H17Cl2N5O/c16-13-1-2-14(17)12(8-13)7-11-3-5-21(6-4-11)15(23)9-22-10-18-19-20-22/h1-2,8,10-11H,3-7,9H2. The van der Waals surface area contributed by atoms with E-state index in [1.807, 2.05) is 17.0 Å². The van der Waals surface area contributed by atoms with Crippen LogP contribution in [0.1, 0.15) is 18.4 Å². The van der Waals surface area contributed by atoms with E-state index in [9.17, 15) is 4.79 Å². The first-order valence-corrected chi connectivity index (χ1v) is 8.30. The summed E-state index contributed by atoms with van der Waals surface area (Å²) in [6.07, 6.45) is 4.27. The molecule has 0 atom stereocenters. The van der Waals surface area contributed by atoms with Gasteiger partial charge in [0.2, 0.25) is 5.91 Å². The average Bonchev–Trinajstić information content (AvgIpc) is 3.04. The van der Waals surface area contributed by atoms with Gasteiger partial charge in [-0.25, -0.2) is 4.68 Å². The molecule has 0 N–H and O–H groups in total. The molecule has 6 nitrogen and oxygen atoms in total. The lowest BCUT2D eigenvalue weighted by molar-refractivity contribution is -0.133. The van der Waals surface area contributed by atoms with Crippen molar-refractivity contribution in [2.45, 2.75) is 25.8 Å². The maximum Gasteiger partial charge on any atom is 0.244 e. The number of hydrogen-bond donors (Lipinski definition) is 0. The van der Waals surface area contributed by atoms with Crippen molar-refractivity contribution in [3.05, 3.63) is 40.1 Å². The Kier molecular flexibility index (Phi) is 5.13. The van der Waals surface area contributed by atoms with Gasteiger partial charge in [0.15, 0.2) is 0 Å². The Labute approximate surface area is 144 Å². The number of piperidine rings is 1. The summed E-state index contributed by atoms with van der Waals surface area (Å²) in [6, 6.07) is 5.57. The summed E-state index contributed by atoms with van der Waals surface area (Å²) in [6.45, 7) is 1.70. The van der Waals surface area contributed by atoms with E-state index in [4.69, 9.17) is 23.2 Å². The first-order chi connectivity index (χ1) is 11.1. The molecule has 0 unspecified atom stereocenters. The van der Waals surface area contributed by atoms with Crippen molar-refractivity contribution >= 4 is 29.1 Å². The molecule has 3 rings (SSSR count). The summed E-state index contributed by atoms with van der Waals surface area (Å²) >= 11 is 12.3. The summed E-state index contributed by atoms with van der Waals surface area (Å²) in [5.74, 6) is 0.569. The molecule has 1 aliphatic heterocycles. The van der Waals surface area contributed by atoms with E-state index in [1.165, 1.54) is 11.0 Å². The van der Waals surface area contributed by atoms with Crippen molar-refractivity contribution in [3.8, 4) is 0 Å². The van der Waals surface area contributed by atoms with Crippen LogP contribution in [0.3, 0.4) is 0 Å². The minimum Gasteiger partial charge on any atom is -0.341 e. The van der Waals surface area contributed by atoms with Gasteiger partial charge in [0.25, 0.3) is 0 Å². The second-order valence-corrected chi connectivity index (χ2v) is 6.62. The fourth-order valence-electron chi connectivity index (χ4n) is 2.89. The van der Waals surface area contributed by atoms with Crippen molar-refractivity contribution in [1.82, 2.24) is 25.1 Å². The Morgan fingerprint density at radius 1 is 1.26 bits per heavy atom. The summed E-state index contributed by atoms with van der Waals surface area (Å²) in [4.78, 5) is 14.1. The Morgan fingerprint density at radius 3 is 2.74 bits per heavy atom. The normalized spacial score (nSPS) is 15.8. The van der Waals surface area contributed by atoms with E-state index in [1.54, 1.807) is 6.07 Å². The topological polar surface area (TPSA) is 63.9 Å². The molecule has 1 amide bonds. The lowest BCUT2D eigenvalue weighted by atomic mass is 9.90. The monoisotopic (exact) mass is 353 g/mol. The van der Waals surface area contributed by atoms with Crippen LogP contribution in [0.5, 0.6) is 0 Å². The summed E-state index contributed by atoms with van der Waals surface area (Å²) in [5.41, 5.74) is 1.08. The van der Waals surface area contributed by atoms with Crippen LogP contribution in [0.25, 0.3) is 0 Å². The van der Waals surface area contributed by atoms with Gasteiger partial charge in [0.1, 0.15) is 12.9 Å². The quantitative estimate of drug-likeness (QED) is 0.846. The number of carbonyl (C=O) groups is 1. The van der Waals surface area contributed by atoms with Gasteiger partial charge in [-0.2, -0.15) is 0 Å². The lowest BCUT2D eigenvalue weighted by Crippen LogP contribution is -2.40. The molecule has 2 aromatic rings. The number of rotatable bonds is 4. The Morgan fingerprint density at radius 2 is 2.04 bits per heavy atom. The molecule has 1 aliphatic rings. The van der Waals surface area contributed by atoms with Crippen molar-refractivity contribution in [1.29, 1.82) is 0 Å². The first-order valence-electron chi connectivity index (χ1n) is 7.54. The third kappa shape index (κ3) is 4.20. The Balaban J connectivity index is 1.52. The zero-order valence-corrected chi connectivity index (χ0v) is 14.0. The zero-order valence-electron chi connectivity index (χ0n) is 12.5. The van der Waals surface area contributed by atoms with E-state index in [0.717, 1.165) is 42.9 Å². The molecular formula is C15H17Cl2N5O. The fraction of sp³-hybridized carbons (Fsp3) is 0.467. The van der Waals surface area contributed by atoms with Crippen LogP contribution in [0.15, 0.2) is 24.5 Å². The van der Waals surface area contributed by atoms with E-state index in [0.29, 0.717) is 10.9 Å². The third-order valence-corrected chi connectivity index (χ3v) is 4.78. The summed E-state index contributed by atoms with van der Waals surface area (Å²) in [7, 11) is 0. The predicted octanol–water partition coefficient (Wildman–Crippen LogP) is 2.46. The maximum absolute atomic E-state index is 12.2. The van der Waals surface area contributed by atoms with Crippen LogP contribution in [-0.4, -0.2) is 44.1 Å². The highest BCUT2D eigenvalue weighted by Crippen LogP contribution is 2.27. The molecule has 1 aromatic heterocycles. The molecule has 0 spiro atoms. The minimum absolute atomic E-state index is 0.0523. The van der Waals surface area contributed by atoms with Gasteiger partial charge in [0, 0.05) is 23.1 Å². The number of amides is 1. The molecule has 0 saturated carbocycles. The molecule has 0 bridgehead atoms. The van der Waals surface area contributed by atoms with Crippen molar-refractivity contribution in [3.63, 3.8) is 0 Å². The number of likely N-dealkylation sites (tertiary alicyclic amines) is 1. The second-order valence-electron chi connectivity index (χ2n) is 5.77. The van der Waals surface area contributed by atoms with Crippen LogP contribution in [0, 0.1) is 5.92 Å². The number of halogens is 2. The maximum atomic E-state index is 12.2. The first kappa shape index (κ1) is 16.2. The van der Waals surface area contributed by atoms with Gasteiger partial charge >= 0.3 is 0 Å². The number of hydrogen-bond acceptors (Lipinski definition) is 4. The van der Waals surface area contributed by atoms with Crippen LogP contribution in [0.4, 0.5) is 0 Å². The molecule has 1 aromatic carbocycles. The van der Waals surface area contributed by atoms with Gasteiger partial charge in [-0.1, -0.05) is 23.2 Å². The molecule has 0 radical (unpaired) electrons. The summed E-state index contributed by atoms with van der Waals surface area (Å²) < 4.78 is 1.44. The molecule has 8 heteroatoms. The fourth-order valence-corrected chi connectivity index (χ4v) is 3.28. The van der Waals surface area contributed by atoms with E-state index >= 15 is 0 Å². The van der Waals surface area contributed by atoms with Crippen LogP contribution >= 0.6 is 23.2 Å². The number of carbonyl (C=O) groups excluding carboxylic acids is 1. The summed E-state index contributed by atoms with van der Waals surface area (Å²) in [5, 5.41) is 12.2. The second kappa shape index (κ2) is 7.27. The SMILES string of the molecule is O=C(Cn1cnnn1)N1CCC(Cc2cc(Cl)ccc2Cl)CC1. The van der Waals surface area contributed by atoms with Gasteiger partial charge in [-0.3, -0.25) is 4.79 Å². The largest absolute Gasteiger partial charge is 0.341 e. The van der Waals surface area contributed by atoms with E-state index in [-0.39, 0.29) is 12.5 Å². The highest BCUT2D eigenvalue weighted by atomic mass is 35.5. The van der Waals surface area contributed by atoms with Crippen molar-refractivity contribution < 1.29 is 4.79 Å². The zero-order chi connectivity index (χ0) is 16.2. The molecule has 1 fully saturated rings. The lowest BCUT2D eigenvalue weighted by Gasteiger charge is -2.32. The van der Waals surface area contributed by atoms with Crippen molar-refractivity contribution in [2.75, 3.05) is 13.1 Å². The van der Waals surface area contributed by atoms with Gasteiger partial charge in [-0.05, 0) is 59.4 Å². The number of tetrazole rings is 1. The molecule has 2 heterocycles. The van der Waals surface area contributed by atoms with Gasteiger partial charge in [-0.15, -0.1) is 5.10 Å². The molecule has 1 saturated heterocycles. The average molecular weight is 354 g/mol. The van der Waals surface area contributed by atoms with E-state index in [2.05, 4.69) is 15.5 Å². The Bertz CT molecular complexity index is 669. The van der Waals surface area contributed by atoms with Gasteiger partial charge in [0.05, 0.1) is 0 Å². The van der Waals surface area contributed by atoms with Crippen molar-refractivity contribution in [2.24, 2.45) is 5.92 Å². The molecular weight excluding hydrogens is 337 g/mol. The molecule has 0 aliphatic carbocycles.